The first-order chi connectivity index (χ1) is 19.0. The predicted octanol–water partition coefficient (Wildman–Crippen LogP) is 4.84. The smallest absolute Gasteiger partial charge is 0.232 e. The Balaban J connectivity index is 1.16. The minimum Gasteiger partial charge on any atom is -0.300 e. The predicted molar refractivity (Wildman–Crippen MR) is 148 cm³/mol. The van der Waals surface area contributed by atoms with Gasteiger partial charge in [0.25, 0.3) is 0 Å². The molecule has 1 aliphatic rings. The van der Waals surface area contributed by atoms with Crippen molar-refractivity contribution in [3.05, 3.63) is 75.0 Å². The fourth-order valence-corrected chi connectivity index (χ4v) is 6.35. The van der Waals surface area contributed by atoms with E-state index >= 15 is 0 Å². The maximum atomic E-state index is 12.5. The van der Waals surface area contributed by atoms with Crippen molar-refractivity contribution < 1.29 is 9.59 Å². The van der Waals surface area contributed by atoms with Gasteiger partial charge in [0.2, 0.25) is 27.8 Å². The van der Waals surface area contributed by atoms with Gasteiger partial charge in [0.05, 0.1) is 30.8 Å². The first-order valence-corrected chi connectivity index (χ1v) is 14.1. The second-order valence-corrected chi connectivity index (χ2v) is 11.3. The summed E-state index contributed by atoms with van der Waals surface area (Å²) in [6.07, 6.45) is 7.26. The fourth-order valence-electron chi connectivity index (χ4n) is 4.54. The van der Waals surface area contributed by atoms with E-state index in [0.717, 1.165) is 47.0 Å². The van der Waals surface area contributed by atoms with Gasteiger partial charge < -0.3 is 10.6 Å². The van der Waals surface area contributed by atoms with E-state index in [9.17, 15) is 9.59 Å². The van der Waals surface area contributed by atoms with Gasteiger partial charge in [-0.3, -0.25) is 19.6 Å². The number of pyridine rings is 2. The average Bonchev–Trinajstić information content (AvgIpc) is 3.60. The van der Waals surface area contributed by atoms with Crippen LogP contribution in [-0.4, -0.2) is 42.2 Å². The third-order valence-corrected chi connectivity index (χ3v) is 8.51. The van der Waals surface area contributed by atoms with Crippen LogP contribution in [0.2, 0.25) is 0 Å². The molecule has 1 saturated carbocycles. The number of aromatic nitrogens is 6. The summed E-state index contributed by atoms with van der Waals surface area (Å²) in [6, 6.07) is 7.09. The van der Waals surface area contributed by atoms with Gasteiger partial charge in [0.15, 0.2) is 0 Å². The number of carbonyl (C=O) groups is 2. The Morgan fingerprint density at radius 3 is 2.05 bits per heavy atom. The number of nitrogens with zero attached hydrogens (tertiary/aromatic N) is 7. The Labute approximate surface area is 233 Å². The molecule has 4 aromatic rings. The molecule has 0 aromatic carbocycles. The molecule has 1 fully saturated rings. The van der Waals surface area contributed by atoms with Crippen LogP contribution in [0.15, 0.2) is 36.7 Å². The molecular formula is C26H25N9O2S2. The molecule has 11 nitrogen and oxygen atoms in total. The minimum absolute atomic E-state index is 0.00361. The van der Waals surface area contributed by atoms with Crippen molar-refractivity contribution in [1.29, 1.82) is 0 Å². The van der Waals surface area contributed by atoms with Crippen LogP contribution in [0.1, 0.15) is 64.5 Å². The highest BCUT2D eigenvalue weighted by atomic mass is 32.1. The van der Waals surface area contributed by atoms with Crippen molar-refractivity contribution in [3.8, 4) is 0 Å². The lowest BCUT2D eigenvalue weighted by Gasteiger charge is -2.25. The summed E-state index contributed by atoms with van der Waals surface area (Å²) in [6.45, 7) is 9.16. The Kier molecular flexibility index (Phi) is 8.24. The lowest BCUT2D eigenvalue weighted by atomic mass is 9.82. The molecule has 0 aliphatic heterocycles. The molecule has 2 atom stereocenters. The van der Waals surface area contributed by atoms with Crippen molar-refractivity contribution in [2.24, 2.45) is 0 Å². The van der Waals surface area contributed by atoms with Gasteiger partial charge in [-0.2, -0.15) is 0 Å². The monoisotopic (exact) mass is 559 g/mol. The maximum absolute atomic E-state index is 12.5. The maximum Gasteiger partial charge on any atom is 0.232 e. The highest BCUT2D eigenvalue weighted by Gasteiger charge is 2.29. The largest absolute Gasteiger partial charge is 0.300 e. The van der Waals surface area contributed by atoms with Crippen molar-refractivity contribution in [1.82, 2.24) is 30.4 Å². The summed E-state index contributed by atoms with van der Waals surface area (Å²) in [7, 11) is 0. The summed E-state index contributed by atoms with van der Waals surface area (Å²) in [4.78, 5) is 36.8. The number of hydrogen-bond donors (Lipinski definition) is 2. The molecule has 0 unspecified atom stereocenters. The van der Waals surface area contributed by atoms with Gasteiger partial charge >= 0.3 is 0 Å². The van der Waals surface area contributed by atoms with Crippen LogP contribution in [0.5, 0.6) is 0 Å². The third-order valence-electron chi connectivity index (χ3n) is 6.51. The number of amides is 2. The SMILES string of the molecule is [C-]#[N+]c1cccnc1CC(=O)Nc1nnc([C@@H]2CCC[C@@H](c3nnc(NC(=O)Cc4ncccc4C)s3)C2)s1. The van der Waals surface area contributed by atoms with Gasteiger partial charge in [-0.25, -0.2) is 4.85 Å². The van der Waals surface area contributed by atoms with Crippen molar-refractivity contribution >= 4 is 50.4 Å². The van der Waals surface area contributed by atoms with Gasteiger partial charge in [0, 0.05) is 24.2 Å². The van der Waals surface area contributed by atoms with E-state index in [1.165, 1.54) is 22.7 Å². The second kappa shape index (κ2) is 12.1. The highest BCUT2D eigenvalue weighted by molar-refractivity contribution is 7.15. The molecule has 0 bridgehead atoms. The van der Waals surface area contributed by atoms with Crippen molar-refractivity contribution in [2.75, 3.05) is 10.6 Å². The first-order valence-electron chi connectivity index (χ1n) is 12.5. The molecule has 0 spiro atoms. The lowest BCUT2D eigenvalue weighted by molar-refractivity contribution is -0.116. The van der Waals surface area contributed by atoms with Crippen LogP contribution in [-0.2, 0) is 22.4 Å². The standard InChI is InChI=1S/C26H25N9O2S2/c1-15-6-4-10-28-19(15)13-21(36)30-25-34-32-23(38-25)16-7-3-8-17(12-16)24-33-35-26(39-24)31-22(37)14-20-18(27-2)9-5-11-29-20/h4-6,9-11,16-17H,3,7-8,12-14H2,1H3,(H,30,34,36)(H,31,35,37)/t16-,17-/m1/s1. The van der Waals surface area contributed by atoms with Gasteiger partial charge in [0.1, 0.15) is 10.0 Å². The summed E-state index contributed by atoms with van der Waals surface area (Å²) in [5.74, 6) is -0.0455. The molecule has 4 aromatic heterocycles. The number of rotatable bonds is 8. The van der Waals surface area contributed by atoms with Crippen LogP contribution in [0.4, 0.5) is 16.0 Å². The molecule has 0 saturated heterocycles. The quantitative estimate of drug-likeness (QED) is 0.292. The normalized spacial score (nSPS) is 16.8. The van der Waals surface area contributed by atoms with E-state index in [4.69, 9.17) is 6.57 Å². The number of hydrogen-bond acceptors (Lipinski definition) is 10. The third kappa shape index (κ3) is 6.65. The first kappa shape index (κ1) is 26.5. The van der Waals surface area contributed by atoms with Crippen molar-refractivity contribution in [3.63, 3.8) is 0 Å². The average molecular weight is 560 g/mol. The number of anilines is 2. The molecule has 2 amide bonds. The minimum atomic E-state index is -0.288. The zero-order chi connectivity index (χ0) is 27.2. The van der Waals surface area contributed by atoms with Crippen LogP contribution in [0.25, 0.3) is 4.85 Å². The van der Waals surface area contributed by atoms with Gasteiger partial charge in [-0.05, 0) is 37.8 Å². The van der Waals surface area contributed by atoms with E-state index in [1.54, 1.807) is 24.5 Å². The summed E-state index contributed by atoms with van der Waals surface area (Å²) in [5.41, 5.74) is 2.51. The van der Waals surface area contributed by atoms with E-state index in [2.05, 4.69) is 45.8 Å². The molecular weight excluding hydrogens is 534 g/mol. The molecule has 1 aliphatic carbocycles. The molecule has 0 radical (unpaired) electrons. The zero-order valence-corrected chi connectivity index (χ0v) is 22.8. The Hall–Kier alpha value is -4.15. The topological polar surface area (TPSA) is 140 Å². The number of carbonyl (C=O) groups excluding carboxylic acids is 2. The lowest BCUT2D eigenvalue weighted by Crippen LogP contribution is -2.15. The van der Waals surface area contributed by atoms with Gasteiger partial charge in [-0.15, -0.1) is 20.4 Å². The Bertz CT molecular complexity index is 1530. The molecule has 198 valence electrons. The summed E-state index contributed by atoms with van der Waals surface area (Å²) >= 11 is 2.78. The summed E-state index contributed by atoms with van der Waals surface area (Å²) < 4.78 is 0. The molecule has 5 rings (SSSR count). The Morgan fingerprint density at radius 1 is 0.897 bits per heavy atom. The van der Waals surface area contributed by atoms with Crippen molar-refractivity contribution in [2.45, 2.75) is 57.3 Å². The van der Waals surface area contributed by atoms with E-state index in [1.807, 2.05) is 19.1 Å². The summed E-state index contributed by atoms with van der Waals surface area (Å²) in [5, 5.41) is 25.4. The number of nitrogens with one attached hydrogen (secondary N) is 2. The molecule has 2 N–H and O–H groups in total. The highest BCUT2D eigenvalue weighted by Crippen LogP contribution is 2.43. The van der Waals surface area contributed by atoms with Crippen LogP contribution >= 0.6 is 22.7 Å². The number of aryl methyl sites for hydroxylation is 1. The van der Waals surface area contributed by atoms with Gasteiger partial charge in [-0.1, -0.05) is 47.3 Å². The van der Waals surface area contributed by atoms with Crippen LogP contribution < -0.4 is 10.6 Å². The fraction of sp³-hybridized carbons (Fsp3) is 0.346. The molecule has 13 heteroatoms. The van der Waals surface area contributed by atoms with Crippen LogP contribution in [0, 0.1) is 13.5 Å². The second-order valence-electron chi connectivity index (χ2n) is 9.25. The van der Waals surface area contributed by atoms with E-state index in [-0.39, 0.29) is 36.5 Å². The molecule has 39 heavy (non-hydrogen) atoms. The Morgan fingerprint density at radius 2 is 1.46 bits per heavy atom. The molecule has 4 heterocycles. The van der Waals surface area contributed by atoms with Crippen LogP contribution in [0.3, 0.4) is 0 Å². The van der Waals surface area contributed by atoms with E-state index < -0.39 is 0 Å². The zero-order valence-electron chi connectivity index (χ0n) is 21.1. The van der Waals surface area contributed by atoms with E-state index in [0.29, 0.717) is 21.6 Å².